The summed E-state index contributed by atoms with van der Waals surface area (Å²) < 4.78 is 0. The SMILES string of the molecule is O=C(O)c1c(Cl)cc(C2CC2)nc1Cl. The van der Waals surface area contributed by atoms with Crippen LogP contribution in [0.1, 0.15) is 34.8 Å². The molecule has 1 N–H and O–H groups in total. The highest BCUT2D eigenvalue weighted by molar-refractivity contribution is 6.38. The minimum Gasteiger partial charge on any atom is -0.478 e. The lowest BCUT2D eigenvalue weighted by molar-refractivity contribution is 0.0697. The third-order valence-electron chi connectivity index (χ3n) is 2.16. The maximum atomic E-state index is 10.7. The predicted molar refractivity (Wildman–Crippen MR) is 53.2 cm³/mol. The second kappa shape index (κ2) is 3.41. The molecule has 0 spiro atoms. The first kappa shape index (κ1) is 9.74. The smallest absolute Gasteiger partial charge is 0.340 e. The Kier molecular flexibility index (Phi) is 2.37. The molecule has 5 heteroatoms. The Balaban J connectivity index is 2.49. The summed E-state index contributed by atoms with van der Waals surface area (Å²) in [7, 11) is 0. The van der Waals surface area contributed by atoms with Crippen LogP contribution in [0.25, 0.3) is 0 Å². The molecule has 1 fully saturated rings. The van der Waals surface area contributed by atoms with Crippen molar-refractivity contribution in [2.75, 3.05) is 0 Å². The monoisotopic (exact) mass is 231 g/mol. The summed E-state index contributed by atoms with van der Waals surface area (Å²) in [6.45, 7) is 0. The molecule has 0 saturated heterocycles. The number of carboxylic acids is 1. The Labute approximate surface area is 90.7 Å². The highest BCUT2D eigenvalue weighted by Gasteiger charge is 2.27. The Bertz CT molecular complexity index is 379. The fourth-order valence-corrected chi connectivity index (χ4v) is 1.89. The van der Waals surface area contributed by atoms with Crippen molar-refractivity contribution in [1.29, 1.82) is 0 Å². The van der Waals surface area contributed by atoms with Crippen molar-refractivity contribution >= 4 is 29.2 Å². The molecule has 0 unspecified atom stereocenters. The van der Waals surface area contributed by atoms with Crippen LogP contribution < -0.4 is 0 Å². The number of halogens is 2. The van der Waals surface area contributed by atoms with Gasteiger partial charge in [0.25, 0.3) is 0 Å². The van der Waals surface area contributed by atoms with Crippen molar-refractivity contribution < 1.29 is 9.90 Å². The first-order valence-corrected chi connectivity index (χ1v) is 4.94. The fourth-order valence-electron chi connectivity index (χ4n) is 1.28. The van der Waals surface area contributed by atoms with Gasteiger partial charge in [0, 0.05) is 11.6 Å². The van der Waals surface area contributed by atoms with Gasteiger partial charge in [-0.25, -0.2) is 9.78 Å². The van der Waals surface area contributed by atoms with Crippen molar-refractivity contribution in [3.63, 3.8) is 0 Å². The summed E-state index contributed by atoms with van der Waals surface area (Å²) in [4.78, 5) is 14.7. The van der Waals surface area contributed by atoms with Crippen molar-refractivity contribution in [3.8, 4) is 0 Å². The number of carboxylic acid groups (broad SMARTS) is 1. The Morgan fingerprint density at radius 2 is 2.14 bits per heavy atom. The van der Waals surface area contributed by atoms with E-state index >= 15 is 0 Å². The maximum absolute atomic E-state index is 10.7. The van der Waals surface area contributed by atoms with Gasteiger partial charge in [-0.15, -0.1) is 0 Å². The van der Waals surface area contributed by atoms with Crippen molar-refractivity contribution in [1.82, 2.24) is 4.98 Å². The number of carbonyl (C=O) groups is 1. The molecule has 0 aliphatic heterocycles. The standard InChI is InChI=1S/C9H7Cl2NO2/c10-5-3-6(4-1-2-4)12-8(11)7(5)9(13)14/h3-4H,1-2H2,(H,13,14). The number of nitrogens with zero attached hydrogens (tertiary/aromatic N) is 1. The third kappa shape index (κ3) is 1.70. The molecule has 0 atom stereocenters. The molecule has 74 valence electrons. The molecule has 0 amide bonds. The van der Waals surface area contributed by atoms with Crippen LogP contribution in [0.4, 0.5) is 0 Å². The van der Waals surface area contributed by atoms with E-state index in [0.717, 1.165) is 18.5 Å². The maximum Gasteiger partial charge on any atom is 0.340 e. The Morgan fingerprint density at radius 1 is 1.50 bits per heavy atom. The van der Waals surface area contributed by atoms with Gasteiger partial charge in [-0.2, -0.15) is 0 Å². The molecule has 1 aromatic heterocycles. The largest absolute Gasteiger partial charge is 0.478 e. The normalized spacial score (nSPS) is 15.6. The average molecular weight is 232 g/mol. The summed E-state index contributed by atoms with van der Waals surface area (Å²) in [6, 6.07) is 1.59. The van der Waals surface area contributed by atoms with Crippen LogP contribution in [-0.4, -0.2) is 16.1 Å². The van der Waals surface area contributed by atoms with Crippen molar-refractivity contribution in [2.45, 2.75) is 18.8 Å². The molecule has 14 heavy (non-hydrogen) atoms. The quantitative estimate of drug-likeness (QED) is 0.797. The Hall–Kier alpha value is -0.800. The Morgan fingerprint density at radius 3 is 2.57 bits per heavy atom. The molecule has 3 nitrogen and oxygen atoms in total. The van der Waals surface area contributed by atoms with Gasteiger partial charge in [-0.3, -0.25) is 0 Å². The van der Waals surface area contributed by atoms with Crippen LogP contribution in [0.15, 0.2) is 6.07 Å². The predicted octanol–water partition coefficient (Wildman–Crippen LogP) is 2.96. The van der Waals surface area contributed by atoms with Crippen LogP contribution in [-0.2, 0) is 0 Å². The van der Waals surface area contributed by atoms with Gasteiger partial charge in [-0.05, 0) is 18.9 Å². The van der Waals surface area contributed by atoms with E-state index in [2.05, 4.69) is 4.98 Å². The van der Waals surface area contributed by atoms with E-state index in [-0.39, 0.29) is 15.7 Å². The number of aromatic carboxylic acids is 1. The number of rotatable bonds is 2. The zero-order valence-corrected chi connectivity index (χ0v) is 8.64. The van der Waals surface area contributed by atoms with Crippen LogP contribution in [0.5, 0.6) is 0 Å². The summed E-state index contributed by atoms with van der Waals surface area (Å²) >= 11 is 11.5. The van der Waals surface area contributed by atoms with Gasteiger partial charge >= 0.3 is 5.97 Å². The number of aromatic nitrogens is 1. The summed E-state index contributed by atoms with van der Waals surface area (Å²) in [5.41, 5.74) is 0.683. The molecule has 1 saturated carbocycles. The van der Waals surface area contributed by atoms with Gasteiger partial charge in [0.15, 0.2) is 0 Å². The second-order valence-electron chi connectivity index (χ2n) is 3.27. The minimum atomic E-state index is -1.14. The zero-order valence-electron chi connectivity index (χ0n) is 7.13. The van der Waals surface area contributed by atoms with Crippen LogP contribution in [0, 0.1) is 0 Å². The van der Waals surface area contributed by atoms with E-state index in [1.165, 1.54) is 0 Å². The minimum absolute atomic E-state index is 0.0214. The molecule has 1 heterocycles. The average Bonchev–Trinajstić information content (AvgIpc) is 2.83. The molecule has 0 aromatic carbocycles. The molecule has 1 aromatic rings. The fraction of sp³-hybridized carbons (Fsp3) is 0.333. The summed E-state index contributed by atoms with van der Waals surface area (Å²) in [5.74, 6) is -0.734. The molecule has 0 bridgehead atoms. The lowest BCUT2D eigenvalue weighted by Gasteiger charge is -2.04. The van der Waals surface area contributed by atoms with E-state index in [1.807, 2.05) is 0 Å². The number of hydrogen-bond acceptors (Lipinski definition) is 2. The lowest BCUT2D eigenvalue weighted by atomic mass is 10.2. The van der Waals surface area contributed by atoms with Gasteiger partial charge in [0.1, 0.15) is 10.7 Å². The molecular formula is C9H7Cl2NO2. The third-order valence-corrected chi connectivity index (χ3v) is 2.73. The highest BCUT2D eigenvalue weighted by atomic mass is 35.5. The molecule has 1 aliphatic carbocycles. The lowest BCUT2D eigenvalue weighted by Crippen LogP contribution is -2.02. The van der Waals surface area contributed by atoms with Gasteiger partial charge in [0.2, 0.25) is 0 Å². The van der Waals surface area contributed by atoms with Crippen LogP contribution in [0.2, 0.25) is 10.2 Å². The molecular weight excluding hydrogens is 225 g/mol. The van der Waals surface area contributed by atoms with E-state index in [1.54, 1.807) is 6.07 Å². The van der Waals surface area contributed by atoms with E-state index < -0.39 is 5.97 Å². The van der Waals surface area contributed by atoms with Gasteiger partial charge < -0.3 is 5.11 Å². The van der Waals surface area contributed by atoms with E-state index in [9.17, 15) is 4.79 Å². The first-order valence-electron chi connectivity index (χ1n) is 4.19. The van der Waals surface area contributed by atoms with E-state index in [0.29, 0.717) is 5.92 Å². The molecule has 0 radical (unpaired) electrons. The van der Waals surface area contributed by atoms with Crippen LogP contribution >= 0.6 is 23.2 Å². The number of hydrogen-bond donors (Lipinski definition) is 1. The summed E-state index contributed by atoms with van der Waals surface area (Å²) in [5, 5.41) is 8.93. The topological polar surface area (TPSA) is 50.2 Å². The molecule has 1 aliphatic rings. The molecule has 2 rings (SSSR count). The van der Waals surface area contributed by atoms with Crippen LogP contribution in [0.3, 0.4) is 0 Å². The van der Waals surface area contributed by atoms with Gasteiger partial charge in [-0.1, -0.05) is 23.2 Å². The van der Waals surface area contributed by atoms with E-state index in [4.69, 9.17) is 28.3 Å². The van der Waals surface area contributed by atoms with Crippen molar-refractivity contribution in [3.05, 3.63) is 27.5 Å². The van der Waals surface area contributed by atoms with Gasteiger partial charge in [0.05, 0.1) is 5.02 Å². The highest BCUT2D eigenvalue weighted by Crippen LogP contribution is 2.41. The second-order valence-corrected chi connectivity index (χ2v) is 4.04. The summed E-state index contributed by atoms with van der Waals surface area (Å²) in [6.07, 6.45) is 2.15. The number of pyridine rings is 1. The first-order chi connectivity index (χ1) is 6.59. The zero-order chi connectivity index (χ0) is 10.3. The van der Waals surface area contributed by atoms with Crippen molar-refractivity contribution in [2.24, 2.45) is 0 Å².